The number of benzene rings is 1. The highest BCUT2D eigenvalue weighted by molar-refractivity contribution is 5.85. The summed E-state index contributed by atoms with van der Waals surface area (Å²) >= 11 is 0. The number of carbonyl (C=O) groups is 1. The van der Waals surface area contributed by atoms with Crippen molar-refractivity contribution in [2.75, 3.05) is 26.4 Å². The number of hydrogen-bond donors (Lipinski definition) is 2. The fourth-order valence-electron chi connectivity index (χ4n) is 2.50. The normalized spacial score (nSPS) is 16.8. The summed E-state index contributed by atoms with van der Waals surface area (Å²) < 4.78 is 10.8. The number of nitrogens with one attached hydrogen (secondary N) is 2. The van der Waals surface area contributed by atoms with E-state index < -0.39 is 0 Å². The summed E-state index contributed by atoms with van der Waals surface area (Å²) in [4.78, 5) is 12.0. The molecule has 1 fully saturated rings. The first-order valence-corrected chi connectivity index (χ1v) is 8.04. The van der Waals surface area contributed by atoms with E-state index in [1.54, 1.807) is 0 Å². The van der Waals surface area contributed by atoms with Crippen LogP contribution in [0.15, 0.2) is 24.3 Å². The van der Waals surface area contributed by atoms with Crippen LogP contribution in [0.2, 0.25) is 0 Å². The maximum absolute atomic E-state index is 12.0. The lowest BCUT2D eigenvalue weighted by Gasteiger charge is -2.12. The second-order valence-corrected chi connectivity index (χ2v) is 5.44. The molecule has 0 spiro atoms. The number of ether oxygens (including phenoxy) is 2. The predicted molar refractivity (Wildman–Crippen MR) is 92.7 cm³/mol. The molecule has 23 heavy (non-hydrogen) atoms. The van der Waals surface area contributed by atoms with Crippen LogP contribution in [0.3, 0.4) is 0 Å². The molecule has 130 valence electrons. The second-order valence-electron chi connectivity index (χ2n) is 5.44. The summed E-state index contributed by atoms with van der Waals surface area (Å²) in [6.45, 7) is 5.98. The molecule has 5 nitrogen and oxygen atoms in total. The molecule has 1 aliphatic heterocycles. The molecule has 6 heteroatoms. The predicted octanol–water partition coefficient (Wildman–Crippen LogP) is 2.03. The van der Waals surface area contributed by atoms with Crippen LogP contribution in [0.1, 0.15) is 30.9 Å². The van der Waals surface area contributed by atoms with Crippen molar-refractivity contribution in [3.63, 3.8) is 0 Å². The van der Waals surface area contributed by atoms with Gasteiger partial charge < -0.3 is 20.1 Å². The number of amides is 1. The Bertz CT molecular complexity index is 465. The van der Waals surface area contributed by atoms with Crippen LogP contribution in [0.4, 0.5) is 0 Å². The number of carbonyl (C=O) groups excluding carboxylic acids is 1. The van der Waals surface area contributed by atoms with Gasteiger partial charge in [0.25, 0.3) is 0 Å². The Morgan fingerprint density at radius 1 is 1.30 bits per heavy atom. The van der Waals surface area contributed by atoms with Gasteiger partial charge in [-0.1, -0.05) is 24.3 Å². The van der Waals surface area contributed by atoms with Crippen molar-refractivity contribution < 1.29 is 14.3 Å². The van der Waals surface area contributed by atoms with Crippen LogP contribution >= 0.6 is 12.4 Å². The molecular weight excluding hydrogens is 316 g/mol. The lowest BCUT2D eigenvalue weighted by Crippen LogP contribution is -2.40. The number of hydrogen-bond acceptors (Lipinski definition) is 4. The molecule has 1 unspecified atom stereocenters. The number of halogens is 1. The first-order valence-electron chi connectivity index (χ1n) is 8.04. The van der Waals surface area contributed by atoms with Crippen LogP contribution < -0.4 is 10.6 Å². The van der Waals surface area contributed by atoms with Gasteiger partial charge in [0.05, 0.1) is 25.9 Å². The van der Waals surface area contributed by atoms with Gasteiger partial charge in [0.1, 0.15) is 0 Å². The highest BCUT2D eigenvalue weighted by Crippen LogP contribution is 2.08. The van der Waals surface area contributed by atoms with Crippen molar-refractivity contribution in [3.05, 3.63) is 35.4 Å². The molecule has 0 bridgehead atoms. The lowest BCUT2D eigenvalue weighted by atomic mass is 10.1. The zero-order valence-electron chi connectivity index (χ0n) is 13.7. The minimum atomic E-state index is -0.0231. The van der Waals surface area contributed by atoms with E-state index >= 15 is 0 Å². The van der Waals surface area contributed by atoms with E-state index in [1.165, 1.54) is 0 Å². The molecule has 1 atom stereocenters. The third-order valence-corrected chi connectivity index (χ3v) is 3.68. The summed E-state index contributed by atoms with van der Waals surface area (Å²) in [7, 11) is 0. The quantitative estimate of drug-likeness (QED) is 0.674. The minimum absolute atomic E-state index is 0. The van der Waals surface area contributed by atoms with Crippen LogP contribution in [0, 0.1) is 0 Å². The summed E-state index contributed by atoms with van der Waals surface area (Å²) in [6.07, 6.45) is 2.01. The van der Waals surface area contributed by atoms with E-state index in [9.17, 15) is 4.79 Å². The Morgan fingerprint density at radius 3 is 2.83 bits per heavy atom. The van der Waals surface area contributed by atoms with Crippen LogP contribution in [0.5, 0.6) is 0 Å². The average molecular weight is 343 g/mol. The molecule has 1 saturated heterocycles. The Hall–Kier alpha value is -1.14. The topological polar surface area (TPSA) is 59.6 Å². The number of rotatable bonds is 9. The van der Waals surface area contributed by atoms with E-state index in [0.717, 1.165) is 30.5 Å². The van der Waals surface area contributed by atoms with Crippen molar-refractivity contribution in [1.29, 1.82) is 0 Å². The van der Waals surface area contributed by atoms with Crippen LogP contribution in [-0.4, -0.2) is 38.3 Å². The first kappa shape index (κ1) is 19.9. The van der Waals surface area contributed by atoms with Crippen molar-refractivity contribution in [3.8, 4) is 0 Å². The fourth-order valence-corrected chi connectivity index (χ4v) is 2.50. The molecule has 1 heterocycles. The van der Waals surface area contributed by atoms with Gasteiger partial charge >= 0.3 is 0 Å². The zero-order chi connectivity index (χ0) is 15.6. The van der Waals surface area contributed by atoms with Crippen LogP contribution in [-0.2, 0) is 27.4 Å². The molecule has 1 aliphatic rings. The van der Waals surface area contributed by atoms with Gasteiger partial charge in [0, 0.05) is 13.2 Å². The largest absolute Gasteiger partial charge is 0.379 e. The smallest absolute Gasteiger partial charge is 0.237 e. The van der Waals surface area contributed by atoms with Crippen LogP contribution in [0.25, 0.3) is 0 Å². The van der Waals surface area contributed by atoms with Crippen molar-refractivity contribution in [2.24, 2.45) is 0 Å². The molecule has 0 saturated carbocycles. The third-order valence-electron chi connectivity index (χ3n) is 3.68. The molecule has 1 aromatic carbocycles. The summed E-state index contributed by atoms with van der Waals surface area (Å²) in [5.74, 6) is 0.0934. The summed E-state index contributed by atoms with van der Waals surface area (Å²) in [6, 6.07) is 8.10. The molecular formula is C17H27ClN2O3. The van der Waals surface area contributed by atoms with E-state index in [-0.39, 0.29) is 24.4 Å². The lowest BCUT2D eigenvalue weighted by molar-refractivity contribution is -0.122. The third kappa shape index (κ3) is 7.31. The maximum atomic E-state index is 12.0. The summed E-state index contributed by atoms with van der Waals surface area (Å²) in [5.41, 5.74) is 2.21. The molecule has 0 radical (unpaired) electrons. The monoisotopic (exact) mass is 342 g/mol. The van der Waals surface area contributed by atoms with E-state index in [0.29, 0.717) is 33.0 Å². The Morgan fingerprint density at radius 2 is 2.09 bits per heavy atom. The molecule has 0 aromatic heterocycles. The second kappa shape index (κ2) is 11.4. The van der Waals surface area contributed by atoms with Gasteiger partial charge in [-0.2, -0.15) is 0 Å². The SMILES string of the molecule is CCOCCOCc1cccc(CNC(=O)C2CCCN2)c1.Cl. The zero-order valence-corrected chi connectivity index (χ0v) is 14.5. The average Bonchev–Trinajstić information content (AvgIpc) is 3.07. The maximum Gasteiger partial charge on any atom is 0.237 e. The van der Waals surface area contributed by atoms with Crippen molar-refractivity contribution in [2.45, 2.75) is 39.0 Å². The summed E-state index contributed by atoms with van der Waals surface area (Å²) in [5, 5.41) is 6.19. The highest BCUT2D eigenvalue weighted by atomic mass is 35.5. The molecule has 2 N–H and O–H groups in total. The molecule has 1 amide bonds. The van der Waals surface area contributed by atoms with Gasteiger partial charge in [-0.15, -0.1) is 12.4 Å². The van der Waals surface area contributed by atoms with E-state index in [2.05, 4.69) is 16.7 Å². The van der Waals surface area contributed by atoms with Gasteiger partial charge in [-0.05, 0) is 37.4 Å². The fraction of sp³-hybridized carbons (Fsp3) is 0.588. The minimum Gasteiger partial charge on any atom is -0.379 e. The standard InChI is InChI=1S/C17H26N2O3.ClH/c1-2-21-9-10-22-13-15-6-3-5-14(11-15)12-19-17(20)16-7-4-8-18-16;/h3,5-6,11,16,18H,2,4,7-10,12-13H2,1H3,(H,19,20);1H. The van der Waals surface area contributed by atoms with Gasteiger partial charge in [-0.3, -0.25) is 4.79 Å². The highest BCUT2D eigenvalue weighted by Gasteiger charge is 2.21. The van der Waals surface area contributed by atoms with Crippen molar-refractivity contribution >= 4 is 18.3 Å². The van der Waals surface area contributed by atoms with E-state index in [1.807, 2.05) is 25.1 Å². The van der Waals surface area contributed by atoms with Gasteiger partial charge in [0.2, 0.25) is 5.91 Å². The molecule has 0 aliphatic carbocycles. The Labute approximate surface area is 144 Å². The molecule has 1 aromatic rings. The first-order chi connectivity index (χ1) is 10.8. The van der Waals surface area contributed by atoms with Gasteiger partial charge in [0.15, 0.2) is 0 Å². The van der Waals surface area contributed by atoms with Gasteiger partial charge in [-0.25, -0.2) is 0 Å². The Kier molecular flexibility index (Phi) is 9.87. The Balaban J connectivity index is 0.00000264. The van der Waals surface area contributed by atoms with E-state index in [4.69, 9.17) is 9.47 Å². The molecule has 2 rings (SSSR count). The van der Waals surface area contributed by atoms with Crippen molar-refractivity contribution in [1.82, 2.24) is 10.6 Å².